The minimum absolute atomic E-state index is 0.255. The van der Waals surface area contributed by atoms with Crippen molar-refractivity contribution in [2.45, 2.75) is 18.6 Å². The molecule has 5 heteroatoms. The molecule has 4 aromatic rings. The molecule has 0 aliphatic rings. The number of allylic oxidation sites excluding steroid dienone is 4. The van der Waals surface area contributed by atoms with Gasteiger partial charge in [-0.1, -0.05) is 111 Å². The van der Waals surface area contributed by atoms with Crippen molar-refractivity contribution in [3.63, 3.8) is 0 Å². The molecule has 0 aliphatic carbocycles. The van der Waals surface area contributed by atoms with E-state index in [9.17, 15) is 4.79 Å². The van der Waals surface area contributed by atoms with Crippen LogP contribution in [-0.2, 0) is 16.5 Å². The number of ether oxygens (including phenoxy) is 1. The molecular formula is C32H34N2O2S. The summed E-state index contributed by atoms with van der Waals surface area (Å²) < 4.78 is 6.09. The first kappa shape index (κ1) is 27.8. The molecule has 0 N–H and O–H groups in total. The summed E-state index contributed by atoms with van der Waals surface area (Å²) in [6.45, 7) is 8.65. The SMILES string of the molecule is C=C(/C=C\C=C/C)C(SCC)(c1ccccc1)c1ccccc1.COC(=O)c1nc2ccccc2n1C. The number of imidazole rings is 1. The number of hydrogen-bond acceptors (Lipinski definition) is 4. The summed E-state index contributed by atoms with van der Waals surface area (Å²) in [5.41, 5.74) is 5.37. The van der Waals surface area contributed by atoms with Gasteiger partial charge in [0, 0.05) is 7.05 Å². The van der Waals surface area contributed by atoms with Crippen molar-refractivity contribution in [1.82, 2.24) is 9.55 Å². The summed E-state index contributed by atoms with van der Waals surface area (Å²) in [5.74, 6) is 0.928. The van der Waals surface area contributed by atoms with Crippen LogP contribution in [0.15, 0.2) is 121 Å². The van der Waals surface area contributed by atoms with E-state index < -0.39 is 5.97 Å². The normalized spacial score (nSPS) is 11.5. The van der Waals surface area contributed by atoms with Gasteiger partial charge in [-0.05, 0) is 41.5 Å². The number of esters is 1. The number of methoxy groups -OCH3 is 1. The zero-order valence-electron chi connectivity index (χ0n) is 21.9. The Balaban J connectivity index is 0.000000231. The molecule has 0 aliphatic heterocycles. The fourth-order valence-electron chi connectivity index (χ4n) is 4.18. The fourth-order valence-corrected chi connectivity index (χ4v) is 5.47. The second kappa shape index (κ2) is 13.5. The van der Waals surface area contributed by atoms with Crippen LogP contribution in [0.4, 0.5) is 0 Å². The average molecular weight is 511 g/mol. The molecule has 0 radical (unpaired) electrons. The number of rotatable bonds is 8. The highest BCUT2D eigenvalue weighted by Gasteiger charge is 2.36. The summed E-state index contributed by atoms with van der Waals surface area (Å²) in [6.07, 6.45) is 8.27. The quantitative estimate of drug-likeness (QED) is 0.180. The Morgan fingerprint density at radius 1 is 0.973 bits per heavy atom. The topological polar surface area (TPSA) is 44.1 Å². The van der Waals surface area contributed by atoms with Gasteiger partial charge < -0.3 is 9.30 Å². The first-order chi connectivity index (χ1) is 18.0. The Hall–Kier alpha value is -3.83. The third-order valence-corrected chi connectivity index (χ3v) is 7.39. The van der Waals surface area contributed by atoms with E-state index in [1.165, 1.54) is 18.2 Å². The summed E-state index contributed by atoms with van der Waals surface area (Å²) in [5, 5.41) is 0. The number of benzene rings is 3. The number of carbonyl (C=O) groups excluding carboxylic acids is 1. The van der Waals surface area contributed by atoms with Crippen LogP contribution in [0, 0.1) is 0 Å². The zero-order valence-corrected chi connectivity index (χ0v) is 22.7. The van der Waals surface area contributed by atoms with Gasteiger partial charge in [0.1, 0.15) is 0 Å². The molecule has 0 unspecified atom stereocenters. The third kappa shape index (κ3) is 6.30. The number of hydrogen-bond donors (Lipinski definition) is 0. The van der Waals surface area contributed by atoms with E-state index in [1.54, 1.807) is 11.6 Å². The van der Waals surface area contributed by atoms with E-state index in [0.29, 0.717) is 5.82 Å². The zero-order chi connectivity index (χ0) is 26.7. The molecule has 0 saturated carbocycles. The Labute approximate surface area is 224 Å². The highest BCUT2D eigenvalue weighted by atomic mass is 32.2. The number of para-hydroxylation sites is 2. The average Bonchev–Trinajstić information content (AvgIpc) is 3.29. The van der Waals surface area contributed by atoms with Crippen LogP contribution in [0.1, 0.15) is 35.6 Å². The molecule has 4 nitrogen and oxygen atoms in total. The predicted octanol–water partition coefficient (Wildman–Crippen LogP) is 7.73. The van der Waals surface area contributed by atoms with Crippen molar-refractivity contribution in [3.8, 4) is 0 Å². The van der Waals surface area contributed by atoms with Crippen LogP contribution in [0.3, 0.4) is 0 Å². The van der Waals surface area contributed by atoms with Gasteiger partial charge in [0.15, 0.2) is 0 Å². The van der Waals surface area contributed by atoms with Crippen molar-refractivity contribution < 1.29 is 9.53 Å². The van der Waals surface area contributed by atoms with Gasteiger partial charge in [-0.3, -0.25) is 0 Å². The highest BCUT2D eigenvalue weighted by molar-refractivity contribution is 8.00. The van der Waals surface area contributed by atoms with E-state index >= 15 is 0 Å². The lowest BCUT2D eigenvalue weighted by atomic mass is 9.84. The number of nitrogens with zero attached hydrogens (tertiary/aromatic N) is 2. The van der Waals surface area contributed by atoms with Gasteiger partial charge in [0.2, 0.25) is 5.82 Å². The summed E-state index contributed by atoms with van der Waals surface area (Å²) in [7, 11) is 3.14. The highest BCUT2D eigenvalue weighted by Crippen LogP contribution is 2.48. The largest absolute Gasteiger partial charge is 0.463 e. The third-order valence-electron chi connectivity index (χ3n) is 5.93. The minimum atomic E-state index is -0.413. The van der Waals surface area contributed by atoms with Gasteiger partial charge >= 0.3 is 5.97 Å². The molecule has 0 bridgehead atoms. The van der Waals surface area contributed by atoms with Crippen molar-refractivity contribution in [2.24, 2.45) is 7.05 Å². The Morgan fingerprint density at radius 2 is 1.54 bits per heavy atom. The summed E-state index contributed by atoms with van der Waals surface area (Å²) in [6, 6.07) is 28.9. The maximum Gasteiger partial charge on any atom is 0.374 e. The van der Waals surface area contributed by atoms with Gasteiger partial charge in [-0.25, -0.2) is 9.78 Å². The smallest absolute Gasteiger partial charge is 0.374 e. The standard InChI is InChI=1S/C22H24S.C10H10N2O2/c1-4-6-9-14-19(3)22(23-5-2,20-15-10-7-11-16-20)21-17-12-8-13-18-21;1-12-8-6-4-3-5-7(8)11-9(12)10(13)14-2/h4,6-18H,3,5H2,1-2H3;3-6H,1-2H3/b6-4-,14-9-;. The molecule has 0 saturated heterocycles. The van der Waals surface area contributed by atoms with Crippen LogP contribution in [0.2, 0.25) is 0 Å². The van der Waals surface area contributed by atoms with Crippen LogP contribution >= 0.6 is 11.8 Å². The molecular weight excluding hydrogens is 476 g/mol. The van der Waals surface area contributed by atoms with Gasteiger partial charge in [0.05, 0.1) is 22.9 Å². The number of thioether (sulfide) groups is 1. The number of aryl methyl sites for hydroxylation is 1. The van der Waals surface area contributed by atoms with Crippen LogP contribution in [0.5, 0.6) is 0 Å². The van der Waals surface area contributed by atoms with Gasteiger partial charge in [-0.15, -0.1) is 11.8 Å². The molecule has 0 fully saturated rings. The lowest BCUT2D eigenvalue weighted by molar-refractivity contribution is 0.0583. The lowest BCUT2D eigenvalue weighted by Gasteiger charge is -2.35. The van der Waals surface area contributed by atoms with Crippen LogP contribution < -0.4 is 0 Å². The second-order valence-electron chi connectivity index (χ2n) is 8.23. The lowest BCUT2D eigenvalue weighted by Crippen LogP contribution is -2.25. The van der Waals surface area contributed by atoms with Crippen molar-refractivity contribution in [3.05, 3.63) is 138 Å². The van der Waals surface area contributed by atoms with E-state index in [0.717, 1.165) is 22.4 Å². The van der Waals surface area contributed by atoms with E-state index in [2.05, 4.69) is 96.0 Å². The molecule has 190 valence electrons. The van der Waals surface area contributed by atoms with E-state index in [1.807, 2.05) is 55.1 Å². The fraction of sp³-hybridized carbons (Fsp3) is 0.188. The summed E-state index contributed by atoms with van der Waals surface area (Å²) in [4.78, 5) is 15.5. The molecule has 0 spiro atoms. The molecule has 37 heavy (non-hydrogen) atoms. The number of fused-ring (bicyclic) bond motifs is 1. The molecule has 1 heterocycles. The number of aromatic nitrogens is 2. The summed E-state index contributed by atoms with van der Waals surface area (Å²) >= 11 is 1.92. The van der Waals surface area contributed by atoms with Crippen molar-refractivity contribution in [1.29, 1.82) is 0 Å². The van der Waals surface area contributed by atoms with Crippen LogP contribution in [-0.4, -0.2) is 28.4 Å². The van der Waals surface area contributed by atoms with E-state index in [4.69, 9.17) is 0 Å². The van der Waals surface area contributed by atoms with Gasteiger partial charge in [-0.2, -0.15) is 0 Å². The number of carbonyl (C=O) groups is 1. The Morgan fingerprint density at radius 3 is 2.05 bits per heavy atom. The molecule has 1 aromatic heterocycles. The monoisotopic (exact) mass is 510 g/mol. The Kier molecular flexibility index (Phi) is 10.1. The maximum absolute atomic E-state index is 11.3. The second-order valence-corrected chi connectivity index (χ2v) is 9.71. The maximum atomic E-state index is 11.3. The van der Waals surface area contributed by atoms with Crippen molar-refractivity contribution in [2.75, 3.05) is 12.9 Å². The first-order valence-electron chi connectivity index (χ1n) is 12.2. The predicted molar refractivity (Wildman–Crippen MR) is 157 cm³/mol. The molecule has 4 rings (SSSR count). The van der Waals surface area contributed by atoms with Crippen molar-refractivity contribution >= 4 is 28.8 Å². The Bertz CT molecular complexity index is 1330. The van der Waals surface area contributed by atoms with Crippen LogP contribution in [0.25, 0.3) is 11.0 Å². The molecule has 0 amide bonds. The first-order valence-corrected chi connectivity index (χ1v) is 13.2. The molecule has 3 aromatic carbocycles. The minimum Gasteiger partial charge on any atom is -0.463 e. The van der Waals surface area contributed by atoms with Gasteiger partial charge in [0.25, 0.3) is 0 Å². The van der Waals surface area contributed by atoms with E-state index in [-0.39, 0.29) is 4.75 Å². The molecule has 0 atom stereocenters.